The van der Waals surface area contributed by atoms with Crippen molar-refractivity contribution < 1.29 is 9.31 Å². The lowest BCUT2D eigenvalue weighted by Crippen LogP contribution is -2.46. The number of nitrogens with zero attached hydrogens (tertiary/aromatic N) is 2. The monoisotopic (exact) mass is 253 g/mol. The van der Waals surface area contributed by atoms with Crippen molar-refractivity contribution in [3.05, 3.63) is 34.1 Å². The Kier molecular flexibility index (Phi) is 3.47. The Hall–Kier alpha value is -1.69. The third-order valence-corrected chi connectivity index (χ3v) is 3.45. The van der Waals surface area contributed by atoms with E-state index in [1.165, 1.54) is 12.1 Å². The second kappa shape index (κ2) is 4.89. The Morgan fingerprint density at radius 2 is 2.28 bits per heavy atom. The van der Waals surface area contributed by atoms with Gasteiger partial charge in [0.1, 0.15) is 11.5 Å². The van der Waals surface area contributed by atoms with E-state index < -0.39 is 10.7 Å². The van der Waals surface area contributed by atoms with E-state index in [4.69, 9.17) is 5.73 Å². The molecule has 6 heteroatoms. The summed E-state index contributed by atoms with van der Waals surface area (Å²) in [7, 11) is 0. The fourth-order valence-electron chi connectivity index (χ4n) is 2.29. The van der Waals surface area contributed by atoms with Crippen LogP contribution in [-0.2, 0) is 0 Å². The highest BCUT2D eigenvalue weighted by Crippen LogP contribution is 2.31. The van der Waals surface area contributed by atoms with E-state index in [9.17, 15) is 14.5 Å². The molecule has 2 N–H and O–H groups in total. The number of nitro groups is 1. The van der Waals surface area contributed by atoms with Crippen molar-refractivity contribution in [2.45, 2.75) is 19.4 Å². The van der Waals surface area contributed by atoms with Crippen molar-refractivity contribution in [1.29, 1.82) is 0 Å². The largest absolute Gasteiger partial charge is 0.366 e. The zero-order valence-electron chi connectivity index (χ0n) is 10.2. The molecule has 1 fully saturated rings. The fourth-order valence-corrected chi connectivity index (χ4v) is 2.29. The summed E-state index contributed by atoms with van der Waals surface area (Å²) < 4.78 is 13.1. The summed E-state index contributed by atoms with van der Waals surface area (Å²) in [5, 5.41) is 11.0. The van der Waals surface area contributed by atoms with Crippen LogP contribution in [0.1, 0.15) is 13.3 Å². The second-order valence-corrected chi connectivity index (χ2v) is 4.77. The lowest BCUT2D eigenvalue weighted by molar-refractivity contribution is -0.384. The number of halogens is 1. The van der Waals surface area contributed by atoms with Crippen LogP contribution in [-0.4, -0.2) is 24.1 Å². The van der Waals surface area contributed by atoms with Crippen LogP contribution < -0.4 is 10.6 Å². The minimum absolute atomic E-state index is 0.126. The molecule has 98 valence electrons. The molecule has 0 aliphatic carbocycles. The molecule has 0 spiro atoms. The van der Waals surface area contributed by atoms with E-state index >= 15 is 0 Å². The van der Waals surface area contributed by atoms with Crippen LogP contribution in [0.3, 0.4) is 0 Å². The number of nitro benzene ring substituents is 1. The first-order chi connectivity index (χ1) is 8.49. The summed E-state index contributed by atoms with van der Waals surface area (Å²) in [5.74, 6) is -0.324. The van der Waals surface area contributed by atoms with Crippen LogP contribution in [0, 0.1) is 21.8 Å². The van der Waals surface area contributed by atoms with E-state index in [1.807, 2.05) is 11.8 Å². The van der Waals surface area contributed by atoms with Gasteiger partial charge in [0.15, 0.2) is 0 Å². The van der Waals surface area contributed by atoms with Gasteiger partial charge in [-0.1, -0.05) is 6.92 Å². The Labute approximate surface area is 105 Å². The van der Waals surface area contributed by atoms with Crippen LogP contribution in [0.5, 0.6) is 0 Å². The first-order valence-corrected chi connectivity index (χ1v) is 5.93. The molecular formula is C12H16FN3O2. The predicted molar refractivity (Wildman–Crippen MR) is 67.0 cm³/mol. The van der Waals surface area contributed by atoms with Crippen molar-refractivity contribution in [2.75, 3.05) is 18.0 Å². The fraction of sp³-hybridized carbons (Fsp3) is 0.500. The van der Waals surface area contributed by atoms with E-state index in [1.54, 1.807) is 0 Å². The number of nitrogens with two attached hydrogens (primary N) is 1. The summed E-state index contributed by atoms with van der Waals surface area (Å²) in [6.07, 6.45) is 0.787. The average Bonchev–Trinajstić information content (AvgIpc) is 2.32. The van der Waals surface area contributed by atoms with Crippen molar-refractivity contribution >= 4 is 11.4 Å². The molecule has 2 unspecified atom stereocenters. The maximum atomic E-state index is 13.1. The average molecular weight is 253 g/mol. The lowest BCUT2D eigenvalue weighted by atomic mass is 9.94. The number of piperidine rings is 1. The molecule has 1 heterocycles. The molecule has 5 nitrogen and oxygen atoms in total. The van der Waals surface area contributed by atoms with Gasteiger partial charge in [0.05, 0.1) is 11.0 Å². The first-order valence-electron chi connectivity index (χ1n) is 5.93. The van der Waals surface area contributed by atoms with Crippen LogP contribution in [0.2, 0.25) is 0 Å². The van der Waals surface area contributed by atoms with Gasteiger partial charge in [0.2, 0.25) is 0 Å². The number of hydrogen-bond donors (Lipinski definition) is 1. The van der Waals surface area contributed by atoms with Crippen molar-refractivity contribution in [3.63, 3.8) is 0 Å². The Bertz CT molecular complexity index is 467. The van der Waals surface area contributed by atoms with Gasteiger partial charge >= 0.3 is 0 Å². The molecular weight excluding hydrogens is 237 g/mol. The van der Waals surface area contributed by atoms with E-state index in [2.05, 4.69) is 0 Å². The van der Waals surface area contributed by atoms with Crippen LogP contribution in [0.4, 0.5) is 15.8 Å². The van der Waals surface area contributed by atoms with Gasteiger partial charge in [-0.25, -0.2) is 4.39 Å². The van der Waals surface area contributed by atoms with Gasteiger partial charge in [0.25, 0.3) is 5.69 Å². The van der Waals surface area contributed by atoms with E-state index in [0.717, 1.165) is 12.5 Å². The maximum absolute atomic E-state index is 13.1. The molecule has 0 saturated carbocycles. The third kappa shape index (κ3) is 2.43. The molecule has 0 amide bonds. The molecule has 1 aromatic carbocycles. The molecule has 2 rings (SSSR count). The maximum Gasteiger partial charge on any atom is 0.295 e. The molecule has 1 aliphatic heterocycles. The summed E-state index contributed by atoms with van der Waals surface area (Å²) in [6.45, 7) is 3.35. The van der Waals surface area contributed by atoms with Gasteiger partial charge in [-0.05, 0) is 24.5 Å². The highest BCUT2D eigenvalue weighted by molar-refractivity contribution is 5.63. The van der Waals surface area contributed by atoms with Gasteiger partial charge in [-0.2, -0.15) is 0 Å². The Morgan fingerprint density at radius 1 is 1.56 bits per heavy atom. The van der Waals surface area contributed by atoms with Crippen LogP contribution in [0.15, 0.2) is 18.2 Å². The highest BCUT2D eigenvalue weighted by atomic mass is 19.1. The summed E-state index contributed by atoms with van der Waals surface area (Å²) >= 11 is 0. The van der Waals surface area contributed by atoms with Gasteiger partial charge in [0, 0.05) is 19.1 Å². The predicted octanol–water partition coefficient (Wildman–Crippen LogP) is 1.91. The third-order valence-electron chi connectivity index (χ3n) is 3.45. The Morgan fingerprint density at radius 3 is 2.89 bits per heavy atom. The highest BCUT2D eigenvalue weighted by Gasteiger charge is 2.27. The molecule has 1 aliphatic rings. The molecule has 0 bridgehead atoms. The number of benzene rings is 1. The summed E-state index contributed by atoms with van der Waals surface area (Å²) in [6, 6.07) is 3.81. The zero-order valence-corrected chi connectivity index (χ0v) is 10.2. The summed E-state index contributed by atoms with van der Waals surface area (Å²) in [4.78, 5) is 12.3. The standard InChI is InChI=1S/C12H16FN3O2/c1-8-7-15(5-4-10(8)14)11-3-2-9(13)6-12(11)16(17)18/h2-3,6,8,10H,4-5,7,14H2,1H3. The zero-order chi connectivity index (χ0) is 13.3. The van der Waals surface area contributed by atoms with Crippen molar-refractivity contribution in [3.8, 4) is 0 Å². The van der Waals surface area contributed by atoms with E-state index in [-0.39, 0.29) is 17.6 Å². The molecule has 18 heavy (non-hydrogen) atoms. The number of hydrogen-bond acceptors (Lipinski definition) is 4. The van der Waals surface area contributed by atoms with Gasteiger partial charge in [-0.15, -0.1) is 0 Å². The van der Waals surface area contributed by atoms with Gasteiger partial charge in [-0.3, -0.25) is 10.1 Å². The van der Waals surface area contributed by atoms with Gasteiger partial charge < -0.3 is 10.6 Å². The SMILES string of the molecule is CC1CN(c2ccc(F)cc2[N+](=O)[O-])CCC1N. The lowest BCUT2D eigenvalue weighted by Gasteiger charge is -2.36. The number of anilines is 1. The van der Waals surface area contributed by atoms with Crippen LogP contribution in [0.25, 0.3) is 0 Å². The minimum atomic E-state index is -0.591. The normalized spacial score (nSPS) is 24.1. The molecule has 1 aromatic rings. The Balaban J connectivity index is 2.30. The molecule has 2 atom stereocenters. The quantitative estimate of drug-likeness (QED) is 0.645. The summed E-state index contributed by atoms with van der Waals surface area (Å²) in [5.41, 5.74) is 6.21. The van der Waals surface area contributed by atoms with E-state index in [0.29, 0.717) is 18.8 Å². The minimum Gasteiger partial charge on any atom is -0.366 e. The van der Waals surface area contributed by atoms with Crippen LogP contribution >= 0.6 is 0 Å². The topological polar surface area (TPSA) is 72.4 Å². The van der Waals surface area contributed by atoms with Crippen molar-refractivity contribution in [2.24, 2.45) is 11.7 Å². The molecule has 1 saturated heterocycles. The molecule has 0 aromatic heterocycles. The smallest absolute Gasteiger partial charge is 0.295 e. The molecule has 0 radical (unpaired) electrons. The second-order valence-electron chi connectivity index (χ2n) is 4.77. The van der Waals surface area contributed by atoms with Crippen molar-refractivity contribution in [1.82, 2.24) is 0 Å². The first kappa shape index (κ1) is 12.8. The number of rotatable bonds is 2.